The maximum Gasteiger partial charge on any atom is 0.313 e. The maximum atomic E-state index is 11.8. The van der Waals surface area contributed by atoms with Crippen molar-refractivity contribution in [2.24, 2.45) is 11.3 Å². The number of likely N-dealkylation sites (tertiary alicyclic amines) is 1. The van der Waals surface area contributed by atoms with Crippen LogP contribution in [0, 0.1) is 11.3 Å². The van der Waals surface area contributed by atoms with Gasteiger partial charge in [0.25, 0.3) is 0 Å². The summed E-state index contributed by atoms with van der Waals surface area (Å²) in [6, 6.07) is 3.87. The number of hydrogen-bond acceptors (Lipinski definition) is 6. The lowest BCUT2D eigenvalue weighted by Gasteiger charge is -2.34. The molecule has 0 aliphatic carbocycles. The molecule has 2 atom stereocenters. The summed E-state index contributed by atoms with van der Waals surface area (Å²) >= 11 is 0. The second kappa shape index (κ2) is 5.82. The zero-order valence-corrected chi connectivity index (χ0v) is 13.6. The van der Waals surface area contributed by atoms with E-state index in [9.17, 15) is 9.90 Å². The largest absolute Gasteiger partial charge is 0.493 e. The molecule has 3 heterocycles. The molecule has 1 aromatic carbocycles. The highest BCUT2D eigenvalue weighted by Gasteiger charge is 2.53. The minimum atomic E-state index is -0.779. The van der Waals surface area contributed by atoms with Crippen LogP contribution in [0.1, 0.15) is 12.0 Å². The van der Waals surface area contributed by atoms with Gasteiger partial charge in [-0.2, -0.15) is 0 Å². The Morgan fingerprint density at radius 2 is 2.33 bits per heavy atom. The lowest BCUT2D eigenvalue weighted by molar-refractivity contribution is -0.159. The Morgan fingerprint density at radius 1 is 1.46 bits per heavy atom. The van der Waals surface area contributed by atoms with Crippen LogP contribution in [0.3, 0.4) is 0 Å². The minimum Gasteiger partial charge on any atom is -0.493 e. The third-order valence-corrected chi connectivity index (χ3v) is 5.29. The lowest BCUT2D eigenvalue weighted by Crippen LogP contribution is -2.46. The van der Waals surface area contributed by atoms with E-state index in [1.54, 1.807) is 7.11 Å². The first kappa shape index (κ1) is 15.5. The number of ether oxygens (including phenoxy) is 4. The highest BCUT2D eigenvalue weighted by atomic mass is 16.7. The van der Waals surface area contributed by atoms with Crippen molar-refractivity contribution in [3.63, 3.8) is 0 Å². The van der Waals surface area contributed by atoms with E-state index in [1.165, 1.54) is 0 Å². The molecule has 0 unspecified atom stereocenters. The summed E-state index contributed by atoms with van der Waals surface area (Å²) in [5.41, 5.74) is 0.245. The van der Waals surface area contributed by atoms with Gasteiger partial charge in [-0.05, 0) is 30.0 Å². The number of aliphatic carboxylic acids is 1. The molecule has 0 bridgehead atoms. The monoisotopic (exact) mass is 335 g/mol. The predicted molar refractivity (Wildman–Crippen MR) is 83.4 cm³/mol. The van der Waals surface area contributed by atoms with Gasteiger partial charge in [0.2, 0.25) is 12.5 Å². The van der Waals surface area contributed by atoms with Crippen molar-refractivity contribution in [3.05, 3.63) is 17.7 Å². The van der Waals surface area contributed by atoms with Crippen molar-refractivity contribution in [1.82, 2.24) is 4.90 Å². The first-order chi connectivity index (χ1) is 11.6. The quantitative estimate of drug-likeness (QED) is 0.890. The molecule has 3 aliphatic heterocycles. The van der Waals surface area contributed by atoms with Crippen molar-refractivity contribution < 1.29 is 28.8 Å². The first-order valence-corrected chi connectivity index (χ1v) is 8.12. The molecule has 24 heavy (non-hydrogen) atoms. The highest BCUT2D eigenvalue weighted by molar-refractivity contribution is 5.76. The van der Waals surface area contributed by atoms with Gasteiger partial charge in [0.15, 0.2) is 11.5 Å². The summed E-state index contributed by atoms with van der Waals surface area (Å²) in [5.74, 6) is 1.34. The molecule has 2 saturated heterocycles. The topological polar surface area (TPSA) is 77.5 Å². The van der Waals surface area contributed by atoms with Gasteiger partial charge in [-0.15, -0.1) is 0 Å². The van der Waals surface area contributed by atoms with Gasteiger partial charge in [0.05, 0.1) is 13.7 Å². The zero-order valence-electron chi connectivity index (χ0n) is 13.6. The lowest BCUT2D eigenvalue weighted by atomic mass is 9.76. The van der Waals surface area contributed by atoms with Crippen molar-refractivity contribution in [3.8, 4) is 17.2 Å². The number of methoxy groups -OCH3 is 1. The van der Waals surface area contributed by atoms with E-state index in [0.29, 0.717) is 43.6 Å². The Bertz CT molecular complexity index is 663. The maximum absolute atomic E-state index is 11.8. The third-order valence-electron chi connectivity index (χ3n) is 5.29. The van der Waals surface area contributed by atoms with E-state index in [4.69, 9.17) is 18.9 Å². The Kier molecular flexibility index (Phi) is 3.77. The van der Waals surface area contributed by atoms with Crippen LogP contribution in [-0.2, 0) is 16.1 Å². The molecule has 3 aliphatic rings. The van der Waals surface area contributed by atoms with Gasteiger partial charge in [0, 0.05) is 26.2 Å². The van der Waals surface area contributed by atoms with Crippen LogP contribution in [0.15, 0.2) is 12.1 Å². The summed E-state index contributed by atoms with van der Waals surface area (Å²) in [7, 11) is 1.60. The molecule has 2 fully saturated rings. The van der Waals surface area contributed by atoms with Gasteiger partial charge in [-0.1, -0.05) is 0 Å². The van der Waals surface area contributed by atoms with Gasteiger partial charge in [-0.25, -0.2) is 0 Å². The Morgan fingerprint density at radius 3 is 3.08 bits per heavy atom. The fourth-order valence-electron chi connectivity index (χ4n) is 4.05. The molecule has 4 rings (SSSR count). The number of carboxylic acid groups (broad SMARTS) is 1. The van der Waals surface area contributed by atoms with Crippen LogP contribution in [0.5, 0.6) is 17.2 Å². The first-order valence-electron chi connectivity index (χ1n) is 8.12. The van der Waals surface area contributed by atoms with Crippen LogP contribution in [0.2, 0.25) is 0 Å². The molecule has 0 aromatic heterocycles. The SMILES string of the molecule is COc1cc(CN2C[C@@H]3CCOC[C@]3(C(=O)O)C2)cc2c1OCO2. The Balaban J connectivity index is 1.55. The average Bonchev–Trinajstić information content (AvgIpc) is 3.18. The standard InChI is InChI=1S/C17H21NO6/c1-21-13-4-11(5-14-15(13)24-10-23-14)6-18-7-12-2-3-22-9-17(12,8-18)16(19)20/h4-5,12H,2-3,6-10H2,1H3,(H,19,20)/t12-,17+/m0/s1. The zero-order chi connectivity index (χ0) is 16.7. The second-order valence-corrected chi connectivity index (χ2v) is 6.70. The third kappa shape index (κ3) is 2.39. The Hall–Kier alpha value is -1.99. The number of rotatable bonds is 4. The van der Waals surface area contributed by atoms with Crippen LogP contribution >= 0.6 is 0 Å². The van der Waals surface area contributed by atoms with Crippen molar-refractivity contribution in [1.29, 1.82) is 0 Å². The summed E-state index contributed by atoms with van der Waals surface area (Å²) in [5, 5.41) is 9.73. The highest BCUT2D eigenvalue weighted by Crippen LogP contribution is 2.44. The van der Waals surface area contributed by atoms with Crippen LogP contribution in [0.25, 0.3) is 0 Å². The van der Waals surface area contributed by atoms with Crippen molar-refractivity contribution in [2.45, 2.75) is 13.0 Å². The molecule has 0 spiro atoms. The predicted octanol–water partition coefficient (Wildman–Crippen LogP) is 1.35. The second-order valence-electron chi connectivity index (χ2n) is 6.70. The normalized spacial score (nSPS) is 28.6. The summed E-state index contributed by atoms with van der Waals surface area (Å²) in [4.78, 5) is 14.0. The van der Waals surface area contributed by atoms with Gasteiger partial charge >= 0.3 is 5.97 Å². The van der Waals surface area contributed by atoms with Gasteiger partial charge in [-0.3, -0.25) is 9.69 Å². The number of carboxylic acids is 1. The van der Waals surface area contributed by atoms with Crippen LogP contribution in [-0.4, -0.2) is 56.2 Å². The van der Waals surface area contributed by atoms with E-state index in [2.05, 4.69) is 4.90 Å². The summed E-state index contributed by atoms with van der Waals surface area (Å²) in [6.07, 6.45) is 0.799. The fourth-order valence-corrected chi connectivity index (χ4v) is 4.05. The van der Waals surface area contributed by atoms with Crippen molar-refractivity contribution >= 4 is 5.97 Å². The fraction of sp³-hybridized carbons (Fsp3) is 0.588. The van der Waals surface area contributed by atoms with Gasteiger partial charge < -0.3 is 24.1 Å². The number of nitrogens with zero attached hydrogens (tertiary/aromatic N) is 1. The molecule has 7 nitrogen and oxygen atoms in total. The molecule has 0 radical (unpaired) electrons. The molecule has 0 saturated carbocycles. The molecular formula is C17H21NO6. The number of carbonyl (C=O) groups is 1. The van der Waals surface area contributed by atoms with E-state index in [0.717, 1.165) is 18.5 Å². The number of fused-ring (bicyclic) bond motifs is 2. The molecular weight excluding hydrogens is 314 g/mol. The van der Waals surface area contributed by atoms with Crippen LogP contribution in [0.4, 0.5) is 0 Å². The molecule has 1 aromatic rings. The van der Waals surface area contributed by atoms with E-state index >= 15 is 0 Å². The molecule has 0 amide bonds. The number of benzene rings is 1. The summed E-state index contributed by atoms with van der Waals surface area (Å²) in [6.45, 7) is 3.06. The number of hydrogen-bond donors (Lipinski definition) is 1. The smallest absolute Gasteiger partial charge is 0.313 e. The molecule has 130 valence electrons. The molecule has 1 N–H and O–H groups in total. The average molecular weight is 335 g/mol. The minimum absolute atomic E-state index is 0.139. The van der Waals surface area contributed by atoms with Crippen LogP contribution < -0.4 is 14.2 Å². The summed E-state index contributed by atoms with van der Waals surface area (Å²) < 4.78 is 21.7. The van der Waals surface area contributed by atoms with E-state index in [-0.39, 0.29) is 12.7 Å². The van der Waals surface area contributed by atoms with E-state index in [1.807, 2.05) is 12.1 Å². The molecule has 7 heteroatoms. The Labute approximate surface area is 140 Å². The van der Waals surface area contributed by atoms with Gasteiger partial charge in [0.1, 0.15) is 5.41 Å². The van der Waals surface area contributed by atoms with Crippen molar-refractivity contribution in [2.75, 3.05) is 40.2 Å². The van der Waals surface area contributed by atoms with E-state index < -0.39 is 11.4 Å².